The van der Waals surface area contributed by atoms with Crippen LogP contribution in [0.4, 0.5) is 0 Å². The summed E-state index contributed by atoms with van der Waals surface area (Å²) in [6.07, 6.45) is 2.39. The molecule has 0 spiro atoms. The molecule has 1 saturated carbocycles. The van der Waals surface area contributed by atoms with Crippen LogP contribution in [0.5, 0.6) is 0 Å². The van der Waals surface area contributed by atoms with E-state index in [0.29, 0.717) is 6.04 Å². The molecule has 0 radical (unpaired) electrons. The highest BCUT2D eigenvalue weighted by Crippen LogP contribution is 2.39. The molecule has 0 N–H and O–H groups in total. The van der Waals surface area contributed by atoms with Gasteiger partial charge in [-0.25, -0.2) is 0 Å². The average Bonchev–Trinajstić information content (AvgIpc) is 3.46. The van der Waals surface area contributed by atoms with Crippen molar-refractivity contribution in [3.63, 3.8) is 0 Å². The topological polar surface area (TPSA) is 54.3 Å². The van der Waals surface area contributed by atoms with Crippen LogP contribution in [0.25, 0.3) is 0 Å². The highest BCUT2D eigenvalue weighted by molar-refractivity contribution is 8.00. The van der Waals surface area contributed by atoms with Crippen molar-refractivity contribution in [3.05, 3.63) is 41.7 Å². The van der Waals surface area contributed by atoms with Gasteiger partial charge in [0.1, 0.15) is 5.82 Å². The van der Waals surface area contributed by atoms with Gasteiger partial charge in [0.25, 0.3) is 0 Å². The Labute approximate surface area is 164 Å². The van der Waals surface area contributed by atoms with Crippen LogP contribution in [-0.2, 0) is 11.3 Å². The predicted octanol–water partition coefficient (Wildman–Crippen LogP) is 2.75. The molecule has 2 aliphatic rings. The van der Waals surface area contributed by atoms with Crippen LogP contribution in [0.3, 0.4) is 0 Å². The minimum atomic E-state index is -0.133. The molecule has 1 aliphatic carbocycles. The van der Waals surface area contributed by atoms with Crippen LogP contribution in [-0.4, -0.2) is 61.9 Å². The summed E-state index contributed by atoms with van der Waals surface area (Å²) in [7, 11) is 0. The molecule has 7 heteroatoms. The Kier molecular flexibility index (Phi) is 5.50. The Morgan fingerprint density at radius 1 is 1.15 bits per heavy atom. The van der Waals surface area contributed by atoms with Gasteiger partial charge in [-0.3, -0.25) is 9.69 Å². The summed E-state index contributed by atoms with van der Waals surface area (Å²) < 4.78 is 2.20. The molecule has 2 heterocycles. The van der Waals surface area contributed by atoms with E-state index >= 15 is 0 Å². The molecule has 4 rings (SSSR count). The Balaban J connectivity index is 1.30. The number of hydrogen-bond donors (Lipinski definition) is 0. The highest BCUT2D eigenvalue weighted by Gasteiger charge is 2.31. The van der Waals surface area contributed by atoms with E-state index in [9.17, 15) is 4.79 Å². The zero-order chi connectivity index (χ0) is 18.8. The fourth-order valence-electron chi connectivity index (χ4n) is 3.62. The van der Waals surface area contributed by atoms with E-state index in [4.69, 9.17) is 0 Å². The minimum Gasteiger partial charge on any atom is -0.339 e. The number of benzene rings is 1. The van der Waals surface area contributed by atoms with Crippen molar-refractivity contribution in [3.8, 4) is 0 Å². The number of carbonyl (C=O) groups is 1. The number of amides is 1. The molecule has 2 fully saturated rings. The molecule has 1 aromatic carbocycles. The third-order valence-corrected chi connectivity index (χ3v) is 6.35. The minimum absolute atomic E-state index is 0.133. The second-order valence-electron chi connectivity index (χ2n) is 7.48. The summed E-state index contributed by atoms with van der Waals surface area (Å²) in [5.41, 5.74) is 1.33. The zero-order valence-corrected chi connectivity index (χ0v) is 16.9. The van der Waals surface area contributed by atoms with Crippen molar-refractivity contribution < 1.29 is 4.79 Å². The monoisotopic (exact) mass is 385 g/mol. The van der Waals surface area contributed by atoms with Crippen LogP contribution in [0, 0.1) is 6.92 Å². The number of aromatic nitrogens is 3. The molecule has 1 amide bonds. The van der Waals surface area contributed by atoms with Crippen molar-refractivity contribution in [1.82, 2.24) is 24.6 Å². The maximum atomic E-state index is 12.9. The van der Waals surface area contributed by atoms with Crippen molar-refractivity contribution in [2.24, 2.45) is 0 Å². The predicted molar refractivity (Wildman–Crippen MR) is 107 cm³/mol. The van der Waals surface area contributed by atoms with Crippen LogP contribution < -0.4 is 0 Å². The van der Waals surface area contributed by atoms with E-state index in [1.165, 1.54) is 18.4 Å². The number of carbonyl (C=O) groups excluding carboxylic acids is 1. The lowest BCUT2D eigenvalue weighted by molar-refractivity contribution is -0.132. The molecule has 6 nitrogen and oxygen atoms in total. The van der Waals surface area contributed by atoms with E-state index in [0.717, 1.165) is 43.7 Å². The van der Waals surface area contributed by atoms with E-state index in [1.807, 2.05) is 24.8 Å². The molecular formula is C20H27N5OS. The lowest BCUT2D eigenvalue weighted by Gasteiger charge is -2.35. The third kappa shape index (κ3) is 4.35. The Morgan fingerprint density at radius 3 is 2.52 bits per heavy atom. The van der Waals surface area contributed by atoms with Gasteiger partial charge in [-0.2, -0.15) is 0 Å². The summed E-state index contributed by atoms with van der Waals surface area (Å²) in [5.74, 6) is 1.16. The van der Waals surface area contributed by atoms with Gasteiger partial charge in [0, 0.05) is 38.8 Å². The van der Waals surface area contributed by atoms with Gasteiger partial charge in [-0.1, -0.05) is 42.1 Å². The van der Waals surface area contributed by atoms with E-state index in [2.05, 4.69) is 43.9 Å². The standard InChI is InChI=1S/C20H27N5OS/c1-15(27-20-22-21-16(2)25(20)18-8-9-18)19(26)24-12-10-23(11-13-24)14-17-6-4-3-5-7-17/h3-7,15,18H,8-14H2,1-2H3/t15-/m1/s1. The van der Waals surface area contributed by atoms with Gasteiger partial charge < -0.3 is 9.47 Å². The Morgan fingerprint density at radius 2 is 1.85 bits per heavy atom. The van der Waals surface area contributed by atoms with Gasteiger partial charge in [0.15, 0.2) is 5.16 Å². The van der Waals surface area contributed by atoms with Gasteiger partial charge in [0.2, 0.25) is 5.91 Å². The normalized spacial score (nSPS) is 19.3. The largest absolute Gasteiger partial charge is 0.339 e. The Bertz CT molecular complexity index is 781. The molecule has 2 aromatic rings. The van der Waals surface area contributed by atoms with Crippen LogP contribution in [0.2, 0.25) is 0 Å². The van der Waals surface area contributed by atoms with E-state index in [1.54, 1.807) is 11.8 Å². The fraction of sp³-hybridized carbons (Fsp3) is 0.550. The molecule has 0 unspecified atom stereocenters. The fourth-order valence-corrected chi connectivity index (χ4v) is 4.67. The number of nitrogens with zero attached hydrogens (tertiary/aromatic N) is 5. The summed E-state index contributed by atoms with van der Waals surface area (Å²) >= 11 is 1.55. The smallest absolute Gasteiger partial charge is 0.235 e. The zero-order valence-electron chi connectivity index (χ0n) is 16.0. The second kappa shape index (κ2) is 8.02. The number of aryl methyl sites for hydroxylation is 1. The average molecular weight is 386 g/mol. The molecule has 1 aromatic heterocycles. The third-order valence-electron chi connectivity index (χ3n) is 5.31. The van der Waals surface area contributed by atoms with Crippen LogP contribution >= 0.6 is 11.8 Å². The first-order valence-electron chi connectivity index (χ1n) is 9.75. The molecule has 27 heavy (non-hydrogen) atoms. The lowest BCUT2D eigenvalue weighted by atomic mass is 10.2. The SMILES string of the molecule is Cc1nnc(S[C@H](C)C(=O)N2CCN(Cc3ccccc3)CC2)n1C1CC1. The maximum absolute atomic E-state index is 12.9. The number of hydrogen-bond acceptors (Lipinski definition) is 5. The lowest BCUT2D eigenvalue weighted by Crippen LogP contribution is -2.50. The number of thioether (sulfide) groups is 1. The second-order valence-corrected chi connectivity index (χ2v) is 8.79. The van der Waals surface area contributed by atoms with Gasteiger partial charge in [-0.05, 0) is 32.3 Å². The van der Waals surface area contributed by atoms with Gasteiger partial charge >= 0.3 is 0 Å². The van der Waals surface area contributed by atoms with E-state index in [-0.39, 0.29) is 11.2 Å². The summed E-state index contributed by atoms with van der Waals surface area (Å²) in [4.78, 5) is 17.3. The van der Waals surface area contributed by atoms with Crippen molar-refractivity contribution in [2.75, 3.05) is 26.2 Å². The van der Waals surface area contributed by atoms with Crippen LogP contribution in [0.15, 0.2) is 35.5 Å². The van der Waals surface area contributed by atoms with E-state index < -0.39 is 0 Å². The van der Waals surface area contributed by atoms with Crippen molar-refractivity contribution in [1.29, 1.82) is 0 Å². The first-order chi connectivity index (χ1) is 13.1. The summed E-state index contributed by atoms with van der Waals surface area (Å²) in [5, 5.41) is 9.27. The maximum Gasteiger partial charge on any atom is 0.235 e. The molecule has 1 saturated heterocycles. The van der Waals surface area contributed by atoms with Crippen molar-refractivity contribution >= 4 is 17.7 Å². The molecule has 1 atom stereocenters. The van der Waals surface area contributed by atoms with Crippen molar-refractivity contribution in [2.45, 2.75) is 49.7 Å². The first kappa shape index (κ1) is 18.5. The first-order valence-corrected chi connectivity index (χ1v) is 10.6. The van der Waals surface area contributed by atoms with Crippen LogP contribution in [0.1, 0.15) is 37.2 Å². The molecule has 1 aliphatic heterocycles. The molecule has 0 bridgehead atoms. The number of piperazine rings is 1. The molecular weight excluding hydrogens is 358 g/mol. The van der Waals surface area contributed by atoms with Gasteiger partial charge in [0.05, 0.1) is 5.25 Å². The Hall–Kier alpha value is -1.86. The quantitative estimate of drug-likeness (QED) is 0.716. The highest BCUT2D eigenvalue weighted by atomic mass is 32.2. The summed E-state index contributed by atoms with van der Waals surface area (Å²) in [6.45, 7) is 8.38. The summed E-state index contributed by atoms with van der Waals surface area (Å²) in [6, 6.07) is 11.1. The molecule has 144 valence electrons. The van der Waals surface area contributed by atoms with Gasteiger partial charge in [-0.15, -0.1) is 10.2 Å². The number of rotatable bonds is 6.